The van der Waals surface area contributed by atoms with Crippen LogP contribution in [0.3, 0.4) is 0 Å². The van der Waals surface area contributed by atoms with E-state index in [1.54, 1.807) is 7.11 Å². The van der Waals surface area contributed by atoms with Gasteiger partial charge in [-0.05, 0) is 43.4 Å². The largest absolute Gasteiger partial charge is 0.380 e. The van der Waals surface area contributed by atoms with Crippen molar-refractivity contribution in [2.24, 2.45) is 0 Å². The Hall–Kier alpha value is -1.43. The molecule has 1 aromatic carbocycles. The molecule has 0 aromatic heterocycles. The van der Waals surface area contributed by atoms with Crippen LogP contribution in [0.1, 0.15) is 36.8 Å². The number of aliphatic hydroxyl groups is 1. The van der Waals surface area contributed by atoms with Gasteiger partial charge < -0.3 is 14.7 Å². The van der Waals surface area contributed by atoms with Gasteiger partial charge in [0.15, 0.2) is 5.60 Å². The minimum atomic E-state index is -1.22. The first kappa shape index (κ1) is 17.4. The third-order valence-electron chi connectivity index (χ3n) is 5.05. The highest BCUT2D eigenvalue weighted by Crippen LogP contribution is 2.26. The molecule has 132 valence electrons. The Kier molecular flexibility index (Phi) is 5.54. The number of hydrogen-bond donors (Lipinski definition) is 1. The lowest BCUT2D eigenvalue weighted by Crippen LogP contribution is -2.57. The lowest BCUT2D eigenvalue weighted by atomic mass is 9.91. The van der Waals surface area contributed by atoms with Crippen molar-refractivity contribution in [1.82, 2.24) is 9.80 Å². The molecule has 3 rings (SSSR count). The number of carbonyl (C=O) groups is 1. The van der Waals surface area contributed by atoms with E-state index in [0.717, 1.165) is 51.0 Å². The Morgan fingerprint density at radius 1 is 1.21 bits per heavy atom. The molecule has 0 spiro atoms. The second-order valence-corrected chi connectivity index (χ2v) is 7.10. The molecule has 0 unspecified atom stereocenters. The van der Waals surface area contributed by atoms with Crippen LogP contribution in [0.4, 0.5) is 0 Å². The highest BCUT2D eigenvalue weighted by molar-refractivity contribution is 5.85. The molecule has 2 aliphatic rings. The number of nitrogens with zero attached hydrogens (tertiary/aromatic N) is 2. The smallest absolute Gasteiger partial charge is 0.255 e. The summed E-state index contributed by atoms with van der Waals surface area (Å²) in [5.74, 6) is -0.0715. The molecule has 2 saturated heterocycles. The predicted molar refractivity (Wildman–Crippen MR) is 92.4 cm³/mol. The molecule has 1 aromatic rings. The molecule has 2 fully saturated rings. The fraction of sp³-hybridized carbons (Fsp3) is 0.632. The second kappa shape index (κ2) is 7.64. The first-order valence-corrected chi connectivity index (χ1v) is 8.91. The van der Waals surface area contributed by atoms with E-state index >= 15 is 0 Å². The van der Waals surface area contributed by atoms with E-state index in [1.165, 1.54) is 5.56 Å². The molecular formula is C19H28N2O3. The second-order valence-electron chi connectivity index (χ2n) is 7.10. The van der Waals surface area contributed by atoms with Crippen LogP contribution in [0.25, 0.3) is 0 Å². The SMILES string of the molecule is COCc1cccc(CN2CCC[C@](O)(C(=O)N3CCCC3)C2)c1. The van der Waals surface area contributed by atoms with E-state index in [9.17, 15) is 9.90 Å². The van der Waals surface area contributed by atoms with Gasteiger partial charge in [0.1, 0.15) is 0 Å². The summed E-state index contributed by atoms with van der Waals surface area (Å²) in [5.41, 5.74) is 1.13. The zero-order valence-corrected chi connectivity index (χ0v) is 14.5. The lowest BCUT2D eigenvalue weighted by Gasteiger charge is -2.40. The molecule has 1 atom stereocenters. The van der Waals surface area contributed by atoms with E-state index in [4.69, 9.17) is 4.74 Å². The topological polar surface area (TPSA) is 53.0 Å². The van der Waals surface area contributed by atoms with Crippen LogP contribution in [0, 0.1) is 0 Å². The van der Waals surface area contributed by atoms with Crippen molar-refractivity contribution >= 4 is 5.91 Å². The molecule has 24 heavy (non-hydrogen) atoms. The maximum atomic E-state index is 12.7. The quantitative estimate of drug-likeness (QED) is 0.893. The molecule has 0 bridgehead atoms. The number of hydrogen-bond acceptors (Lipinski definition) is 4. The van der Waals surface area contributed by atoms with Crippen molar-refractivity contribution in [3.05, 3.63) is 35.4 Å². The van der Waals surface area contributed by atoms with Gasteiger partial charge in [0.2, 0.25) is 0 Å². The number of rotatable bonds is 5. The summed E-state index contributed by atoms with van der Waals surface area (Å²) in [5, 5.41) is 10.9. The number of β-amino-alcohol motifs (C(OH)–C–C–N with tert-alkyl or cyclic N) is 1. The van der Waals surface area contributed by atoms with Crippen molar-refractivity contribution in [2.45, 2.75) is 44.4 Å². The molecule has 5 nitrogen and oxygen atoms in total. The number of amides is 1. The molecule has 5 heteroatoms. The Balaban J connectivity index is 1.64. The first-order chi connectivity index (χ1) is 11.6. The van der Waals surface area contributed by atoms with E-state index in [2.05, 4.69) is 23.1 Å². The van der Waals surface area contributed by atoms with E-state index in [0.29, 0.717) is 19.6 Å². The molecule has 0 saturated carbocycles. The number of piperidine rings is 1. The van der Waals surface area contributed by atoms with Crippen LogP contribution in [-0.4, -0.2) is 59.7 Å². The summed E-state index contributed by atoms with van der Waals surface area (Å²) < 4.78 is 5.19. The third kappa shape index (κ3) is 3.97. The number of carbonyl (C=O) groups excluding carboxylic acids is 1. The fourth-order valence-electron chi connectivity index (χ4n) is 3.89. The number of likely N-dealkylation sites (tertiary alicyclic amines) is 2. The average Bonchev–Trinajstić information content (AvgIpc) is 3.09. The summed E-state index contributed by atoms with van der Waals surface area (Å²) in [6, 6.07) is 8.32. The van der Waals surface area contributed by atoms with Gasteiger partial charge in [-0.1, -0.05) is 24.3 Å². The predicted octanol–water partition coefficient (Wildman–Crippen LogP) is 1.78. The highest BCUT2D eigenvalue weighted by Gasteiger charge is 2.43. The van der Waals surface area contributed by atoms with Gasteiger partial charge in [-0.3, -0.25) is 9.69 Å². The zero-order valence-electron chi connectivity index (χ0n) is 14.5. The van der Waals surface area contributed by atoms with Gasteiger partial charge in [-0.15, -0.1) is 0 Å². The zero-order chi connectivity index (χ0) is 17.0. The van der Waals surface area contributed by atoms with Crippen LogP contribution in [0.5, 0.6) is 0 Å². The lowest BCUT2D eigenvalue weighted by molar-refractivity contribution is -0.156. The third-order valence-corrected chi connectivity index (χ3v) is 5.05. The molecule has 2 heterocycles. The number of methoxy groups -OCH3 is 1. The number of ether oxygens (including phenoxy) is 1. The molecular weight excluding hydrogens is 304 g/mol. The van der Waals surface area contributed by atoms with Crippen LogP contribution < -0.4 is 0 Å². The highest BCUT2D eigenvalue weighted by atomic mass is 16.5. The van der Waals surface area contributed by atoms with Gasteiger partial charge in [0.05, 0.1) is 6.61 Å². The summed E-state index contributed by atoms with van der Waals surface area (Å²) in [4.78, 5) is 16.7. The summed E-state index contributed by atoms with van der Waals surface area (Å²) in [6.45, 7) is 4.29. The van der Waals surface area contributed by atoms with Crippen molar-refractivity contribution in [3.8, 4) is 0 Å². The summed E-state index contributed by atoms with van der Waals surface area (Å²) in [6.07, 6.45) is 3.53. The molecule has 0 aliphatic carbocycles. The van der Waals surface area contributed by atoms with Gasteiger partial charge in [-0.2, -0.15) is 0 Å². The Morgan fingerprint density at radius 3 is 2.71 bits per heavy atom. The van der Waals surface area contributed by atoms with E-state index in [-0.39, 0.29) is 5.91 Å². The normalized spacial score (nSPS) is 25.2. The maximum absolute atomic E-state index is 12.7. The van der Waals surface area contributed by atoms with E-state index < -0.39 is 5.60 Å². The van der Waals surface area contributed by atoms with Crippen molar-refractivity contribution in [2.75, 3.05) is 33.3 Å². The minimum absolute atomic E-state index is 0.0715. The molecule has 1 N–H and O–H groups in total. The van der Waals surface area contributed by atoms with Crippen LogP contribution in [0.15, 0.2) is 24.3 Å². The van der Waals surface area contributed by atoms with Crippen molar-refractivity contribution in [3.63, 3.8) is 0 Å². The fourth-order valence-corrected chi connectivity index (χ4v) is 3.89. The summed E-state index contributed by atoms with van der Waals surface area (Å²) in [7, 11) is 1.70. The number of benzene rings is 1. The van der Waals surface area contributed by atoms with Crippen LogP contribution >= 0.6 is 0 Å². The minimum Gasteiger partial charge on any atom is -0.380 e. The standard InChI is InChI=1S/C19H28N2O3/c1-24-14-17-7-4-6-16(12-17)13-20-9-5-8-19(23,15-20)18(22)21-10-2-3-11-21/h4,6-7,12,23H,2-3,5,8-11,13-15H2,1H3/t19-/m1/s1. The van der Waals surface area contributed by atoms with Crippen LogP contribution in [-0.2, 0) is 22.7 Å². The monoisotopic (exact) mass is 332 g/mol. The van der Waals surface area contributed by atoms with Gasteiger partial charge in [0.25, 0.3) is 5.91 Å². The van der Waals surface area contributed by atoms with Gasteiger partial charge >= 0.3 is 0 Å². The molecule has 1 amide bonds. The molecule has 2 aliphatic heterocycles. The van der Waals surface area contributed by atoms with Crippen molar-refractivity contribution in [1.29, 1.82) is 0 Å². The summed E-state index contributed by atoms with van der Waals surface area (Å²) >= 11 is 0. The Bertz CT molecular complexity index is 571. The Labute approximate surface area is 144 Å². The van der Waals surface area contributed by atoms with E-state index in [1.807, 2.05) is 11.0 Å². The van der Waals surface area contributed by atoms with Gasteiger partial charge in [-0.25, -0.2) is 0 Å². The molecule has 0 radical (unpaired) electrons. The maximum Gasteiger partial charge on any atom is 0.255 e. The van der Waals surface area contributed by atoms with Crippen LogP contribution in [0.2, 0.25) is 0 Å². The average molecular weight is 332 g/mol. The van der Waals surface area contributed by atoms with Gasteiger partial charge in [0, 0.05) is 33.3 Å². The first-order valence-electron chi connectivity index (χ1n) is 8.91. The van der Waals surface area contributed by atoms with Crippen molar-refractivity contribution < 1.29 is 14.6 Å². The Morgan fingerprint density at radius 2 is 1.96 bits per heavy atom.